The molecule has 6 heteroatoms. The first kappa shape index (κ1) is 24.9. The third kappa shape index (κ3) is 4.94. The Morgan fingerprint density at radius 3 is 1.61 bits per heavy atom. The summed E-state index contributed by atoms with van der Waals surface area (Å²) in [6.45, 7) is 11.3. The van der Waals surface area contributed by atoms with E-state index in [1.165, 1.54) is 0 Å². The van der Waals surface area contributed by atoms with Gasteiger partial charge in [-0.15, -0.1) is 0 Å². The molecule has 0 bridgehead atoms. The molecule has 1 heterocycles. The molecule has 3 aromatic rings. The van der Waals surface area contributed by atoms with Crippen LogP contribution in [0.1, 0.15) is 66.3 Å². The van der Waals surface area contributed by atoms with Gasteiger partial charge in [0.2, 0.25) is 18.2 Å². The molecule has 0 saturated carbocycles. The highest BCUT2D eigenvalue weighted by atomic mass is 31.2. The van der Waals surface area contributed by atoms with Gasteiger partial charge < -0.3 is 4.57 Å². The highest BCUT2D eigenvalue weighted by molar-refractivity contribution is 7.95. The van der Waals surface area contributed by atoms with Gasteiger partial charge in [0.05, 0.1) is 7.05 Å². The maximum atomic E-state index is 14.5. The number of H-pyrrole nitrogens is 1. The first-order valence-electron chi connectivity index (χ1n) is 11.3. The topological polar surface area (TPSA) is 70.9 Å². The van der Waals surface area contributed by atoms with E-state index in [9.17, 15) is 14.2 Å². The third-order valence-corrected chi connectivity index (χ3v) is 9.00. The van der Waals surface area contributed by atoms with Gasteiger partial charge in [-0.05, 0) is 70.2 Å². The van der Waals surface area contributed by atoms with Crippen LogP contribution >= 0.6 is 7.14 Å². The van der Waals surface area contributed by atoms with Crippen molar-refractivity contribution in [3.05, 3.63) is 87.0 Å². The molecule has 0 fully saturated rings. The van der Waals surface area contributed by atoms with Crippen molar-refractivity contribution >= 4 is 18.2 Å². The molecular formula is C27H34N2O3P+. The molecule has 0 aliphatic carbocycles. The Morgan fingerprint density at radius 2 is 1.24 bits per heavy atom. The van der Waals surface area contributed by atoms with Gasteiger partial charge >= 0.3 is 0 Å². The number of hydrogen-bond donors (Lipinski definition) is 1. The second kappa shape index (κ2) is 9.61. The molecule has 0 spiro atoms. The van der Waals surface area contributed by atoms with Crippen LogP contribution in [0, 0.1) is 41.5 Å². The molecule has 0 unspecified atom stereocenters. The van der Waals surface area contributed by atoms with Crippen molar-refractivity contribution in [2.24, 2.45) is 7.05 Å². The SMILES string of the molecule is Cc1cc(C)c(C(=O)P(=O)(CCCc2[nH]cc[n+]2C)C(=O)c2c(C)cc(C)cc2C)c(C)c1. The van der Waals surface area contributed by atoms with Crippen molar-refractivity contribution in [3.63, 3.8) is 0 Å². The molecule has 33 heavy (non-hydrogen) atoms. The smallest absolute Gasteiger partial charge is 0.253 e. The van der Waals surface area contributed by atoms with Crippen LogP contribution in [-0.4, -0.2) is 22.2 Å². The summed E-state index contributed by atoms with van der Waals surface area (Å²) in [4.78, 5) is 30.9. The Hall–Kier alpha value is -2.78. The van der Waals surface area contributed by atoms with Gasteiger partial charge in [-0.2, -0.15) is 0 Å². The summed E-state index contributed by atoms with van der Waals surface area (Å²) >= 11 is 0. The molecule has 174 valence electrons. The predicted octanol–water partition coefficient (Wildman–Crippen LogP) is 5.67. The lowest BCUT2D eigenvalue weighted by molar-refractivity contribution is -0.677. The number of aromatic nitrogens is 2. The van der Waals surface area contributed by atoms with Crippen LogP contribution in [0.5, 0.6) is 0 Å². The van der Waals surface area contributed by atoms with E-state index in [0.717, 1.165) is 39.2 Å². The van der Waals surface area contributed by atoms with E-state index in [1.807, 2.05) is 89.8 Å². The molecule has 2 aromatic carbocycles. The number of aromatic amines is 1. The molecule has 3 rings (SSSR count). The number of benzene rings is 2. The van der Waals surface area contributed by atoms with Gasteiger partial charge in [-0.1, -0.05) is 35.4 Å². The fraction of sp³-hybridized carbons (Fsp3) is 0.370. The number of imidazole rings is 1. The second-order valence-corrected chi connectivity index (χ2v) is 12.0. The fourth-order valence-corrected chi connectivity index (χ4v) is 7.47. The van der Waals surface area contributed by atoms with Crippen molar-refractivity contribution in [1.82, 2.24) is 4.98 Å². The van der Waals surface area contributed by atoms with Crippen molar-refractivity contribution in [2.45, 2.75) is 54.4 Å². The summed E-state index contributed by atoms with van der Waals surface area (Å²) in [6.07, 6.45) is 4.86. The lowest BCUT2D eigenvalue weighted by Gasteiger charge is -2.21. The van der Waals surface area contributed by atoms with Crippen LogP contribution in [0.15, 0.2) is 36.7 Å². The minimum atomic E-state index is -3.92. The lowest BCUT2D eigenvalue weighted by Crippen LogP contribution is -2.30. The molecular weight excluding hydrogens is 431 g/mol. The molecule has 5 nitrogen and oxygen atoms in total. The number of carbonyl (C=O) groups excluding carboxylic acids is 2. The molecule has 0 amide bonds. The zero-order chi connectivity index (χ0) is 24.5. The van der Waals surface area contributed by atoms with E-state index in [1.54, 1.807) is 0 Å². The Labute approximate surface area is 196 Å². The number of rotatable bonds is 8. The molecule has 1 N–H and O–H groups in total. The summed E-state index contributed by atoms with van der Waals surface area (Å²) in [5.41, 5.74) is 4.93. The Morgan fingerprint density at radius 1 is 0.818 bits per heavy atom. The monoisotopic (exact) mass is 465 g/mol. The molecule has 0 atom stereocenters. The summed E-state index contributed by atoms with van der Waals surface area (Å²) in [5.74, 6) is 0.965. The summed E-state index contributed by atoms with van der Waals surface area (Å²) in [7, 11) is -1.99. The molecule has 0 aliphatic rings. The minimum Gasteiger partial charge on any atom is -0.307 e. The standard InChI is InChI=1S/C27H33N2O3P/c1-17-13-19(3)24(20(4)14-17)26(30)33(32,12-8-9-23-28-10-11-29(23)7)27(31)25-21(5)15-18(2)16-22(25)6/h10-11,13-16H,8-9,12H2,1-7H3/p+1. The number of aryl methyl sites for hydroxylation is 8. The summed E-state index contributed by atoms with van der Waals surface area (Å²) in [6, 6.07) is 7.65. The van der Waals surface area contributed by atoms with Gasteiger partial charge in [0.1, 0.15) is 12.4 Å². The largest absolute Gasteiger partial charge is 0.307 e. The Kier molecular flexibility index (Phi) is 7.23. The van der Waals surface area contributed by atoms with E-state index < -0.39 is 18.2 Å². The van der Waals surface area contributed by atoms with Crippen LogP contribution in [0.2, 0.25) is 0 Å². The molecule has 0 radical (unpaired) electrons. The van der Waals surface area contributed by atoms with Crippen molar-refractivity contribution < 1.29 is 18.7 Å². The quantitative estimate of drug-likeness (QED) is 0.344. The maximum Gasteiger partial charge on any atom is 0.253 e. The van der Waals surface area contributed by atoms with Gasteiger partial charge in [0, 0.05) is 23.7 Å². The number of hydrogen-bond acceptors (Lipinski definition) is 3. The number of carbonyl (C=O) groups is 2. The van der Waals surface area contributed by atoms with E-state index in [0.29, 0.717) is 24.0 Å². The van der Waals surface area contributed by atoms with E-state index in [-0.39, 0.29) is 6.16 Å². The summed E-state index contributed by atoms with van der Waals surface area (Å²) in [5, 5.41) is 0. The minimum absolute atomic E-state index is 0.0448. The van der Waals surface area contributed by atoms with E-state index in [2.05, 4.69) is 4.98 Å². The normalized spacial score (nSPS) is 11.6. The third-order valence-electron chi connectivity index (χ3n) is 6.30. The fourth-order valence-electron chi connectivity index (χ4n) is 4.85. The van der Waals surface area contributed by atoms with Crippen LogP contribution in [0.4, 0.5) is 0 Å². The summed E-state index contributed by atoms with van der Waals surface area (Å²) < 4.78 is 16.4. The average Bonchev–Trinajstić information content (AvgIpc) is 3.10. The van der Waals surface area contributed by atoms with Crippen LogP contribution in [0.3, 0.4) is 0 Å². The highest BCUT2D eigenvalue weighted by Crippen LogP contribution is 2.54. The Balaban J connectivity index is 2.08. The van der Waals surface area contributed by atoms with E-state index in [4.69, 9.17) is 0 Å². The van der Waals surface area contributed by atoms with Gasteiger partial charge in [0.15, 0.2) is 0 Å². The first-order valence-corrected chi connectivity index (χ1v) is 13.2. The average molecular weight is 466 g/mol. The Bertz CT molecular complexity index is 1170. The molecule has 0 aliphatic heterocycles. The maximum absolute atomic E-state index is 14.5. The second-order valence-electron chi connectivity index (χ2n) is 9.24. The van der Waals surface area contributed by atoms with E-state index >= 15 is 0 Å². The highest BCUT2D eigenvalue weighted by Gasteiger charge is 2.42. The zero-order valence-corrected chi connectivity index (χ0v) is 21.6. The van der Waals surface area contributed by atoms with Crippen molar-refractivity contribution in [1.29, 1.82) is 0 Å². The lowest BCUT2D eigenvalue weighted by atomic mass is 10.0. The van der Waals surface area contributed by atoms with Crippen molar-refractivity contribution in [3.8, 4) is 0 Å². The zero-order valence-electron chi connectivity index (χ0n) is 20.7. The van der Waals surface area contributed by atoms with Gasteiger partial charge in [0.25, 0.3) is 5.82 Å². The number of nitrogens with zero attached hydrogens (tertiary/aromatic N) is 1. The predicted molar refractivity (Wildman–Crippen MR) is 133 cm³/mol. The first-order chi connectivity index (χ1) is 15.5. The molecule has 0 saturated heterocycles. The van der Waals surface area contributed by atoms with Crippen molar-refractivity contribution in [2.75, 3.05) is 6.16 Å². The van der Waals surface area contributed by atoms with Gasteiger partial charge in [-0.25, -0.2) is 9.55 Å². The van der Waals surface area contributed by atoms with Crippen LogP contribution in [0.25, 0.3) is 0 Å². The number of nitrogens with one attached hydrogen (secondary N) is 1. The van der Waals surface area contributed by atoms with Crippen LogP contribution in [-0.2, 0) is 18.0 Å². The van der Waals surface area contributed by atoms with Crippen LogP contribution < -0.4 is 4.57 Å². The molecule has 1 aromatic heterocycles. The van der Waals surface area contributed by atoms with Gasteiger partial charge in [-0.3, -0.25) is 9.59 Å².